The van der Waals surface area contributed by atoms with Crippen LogP contribution in [-0.4, -0.2) is 12.0 Å². The van der Waals surface area contributed by atoms with Crippen LogP contribution in [0.5, 0.6) is 0 Å². The highest BCUT2D eigenvalue weighted by Gasteiger charge is 2.09. The van der Waals surface area contributed by atoms with Gasteiger partial charge in [-0.05, 0) is 42.7 Å². The largest absolute Gasteiger partial charge is 0.374 e. The molecule has 2 aromatic rings. The van der Waals surface area contributed by atoms with Crippen molar-refractivity contribution in [3.63, 3.8) is 0 Å². The van der Waals surface area contributed by atoms with Gasteiger partial charge in [0.1, 0.15) is 0 Å². The summed E-state index contributed by atoms with van der Waals surface area (Å²) in [6.07, 6.45) is 0.389. The second-order valence-electron chi connectivity index (χ2n) is 5.82. The van der Waals surface area contributed by atoms with Crippen LogP contribution < -0.4 is 5.32 Å². The predicted octanol–water partition coefficient (Wildman–Crippen LogP) is 4.78. The predicted molar refractivity (Wildman–Crippen MR) is 98.4 cm³/mol. The van der Waals surface area contributed by atoms with Crippen LogP contribution in [0.3, 0.4) is 0 Å². The Kier molecular flexibility index (Phi) is 7.10. The molecule has 5 heteroatoms. The molecule has 0 unspecified atom stereocenters. The molecule has 0 saturated carbocycles. The van der Waals surface area contributed by atoms with E-state index in [1.165, 1.54) is 0 Å². The van der Waals surface area contributed by atoms with E-state index in [1.54, 1.807) is 18.2 Å². The van der Waals surface area contributed by atoms with E-state index >= 15 is 0 Å². The standard InChI is InChI=1S/C19H21Cl2NO2/c1-13(2)24-12-16-6-4-3-5-15(16)11-22-19(23)9-14-7-8-17(20)10-18(14)21/h3-8,10,13H,9,11-12H2,1-2H3,(H,22,23). The maximum absolute atomic E-state index is 12.2. The Labute approximate surface area is 152 Å². The Balaban J connectivity index is 1.94. The van der Waals surface area contributed by atoms with Gasteiger partial charge < -0.3 is 10.1 Å². The molecule has 0 saturated heterocycles. The van der Waals surface area contributed by atoms with Gasteiger partial charge >= 0.3 is 0 Å². The first-order valence-electron chi connectivity index (χ1n) is 7.84. The summed E-state index contributed by atoms with van der Waals surface area (Å²) in [5.41, 5.74) is 2.89. The van der Waals surface area contributed by atoms with Crippen molar-refractivity contribution in [2.75, 3.05) is 0 Å². The molecule has 2 rings (SSSR count). The molecule has 1 N–H and O–H groups in total. The van der Waals surface area contributed by atoms with E-state index in [1.807, 2.05) is 38.1 Å². The fourth-order valence-electron chi connectivity index (χ4n) is 2.22. The van der Waals surface area contributed by atoms with Gasteiger partial charge in [0.2, 0.25) is 5.91 Å². The molecule has 0 atom stereocenters. The Morgan fingerprint density at radius 2 is 1.79 bits per heavy atom. The van der Waals surface area contributed by atoms with Crippen LogP contribution in [0.1, 0.15) is 30.5 Å². The molecule has 0 spiro atoms. The Bertz CT molecular complexity index is 702. The third kappa shape index (κ3) is 5.82. The van der Waals surface area contributed by atoms with Gasteiger partial charge in [0.05, 0.1) is 19.1 Å². The highest BCUT2D eigenvalue weighted by molar-refractivity contribution is 6.35. The van der Waals surface area contributed by atoms with Crippen LogP contribution in [0.15, 0.2) is 42.5 Å². The summed E-state index contributed by atoms with van der Waals surface area (Å²) in [5.74, 6) is -0.0844. The molecule has 1 amide bonds. The fourth-order valence-corrected chi connectivity index (χ4v) is 2.70. The molecule has 0 fully saturated rings. The third-order valence-corrected chi connectivity index (χ3v) is 4.12. The molecule has 0 aliphatic heterocycles. The lowest BCUT2D eigenvalue weighted by Crippen LogP contribution is -2.25. The Morgan fingerprint density at radius 1 is 1.08 bits per heavy atom. The van der Waals surface area contributed by atoms with Crippen molar-refractivity contribution in [2.45, 2.75) is 39.5 Å². The number of carbonyl (C=O) groups excluding carboxylic acids is 1. The highest BCUT2D eigenvalue weighted by atomic mass is 35.5. The van der Waals surface area contributed by atoms with Crippen molar-refractivity contribution in [1.82, 2.24) is 5.32 Å². The molecule has 0 bridgehead atoms. The molecule has 0 aliphatic carbocycles. The monoisotopic (exact) mass is 365 g/mol. The number of amides is 1. The Morgan fingerprint density at radius 3 is 2.46 bits per heavy atom. The number of nitrogens with one attached hydrogen (secondary N) is 1. The SMILES string of the molecule is CC(C)OCc1ccccc1CNC(=O)Cc1ccc(Cl)cc1Cl. The van der Waals surface area contributed by atoms with Crippen molar-refractivity contribution >= 4 is 29.1 Å². The lowest BCUT2D eigenvalue weighted by molar-refractivity contribution is -0.120. The van der Waals surface area contributed by atoms with E-state index in [2.05, 4.69) is 5.32 Å². The van der Waals surface area contributed by atoms with Crippen molar-refractivity contribution in [1.29, 1.82) is 0 Å². The smallest absolute Gasteiger partial charge is 0.224 e. The fraction of sp³-hybridized carbons (Fsp3) is 0.316. The van der Waals surface area contributed by atoms with Crippen LogP contribution in [0.2, 0.25) is 10.0 Å². The molecule has 0 radical (unpaired) electrons. The van der Waals surface area contributed by atoms with Gasteiger partial charge in [-0.25, -0.2) is 0 Å². The van der Waals surface area contributed by atoms with Crippen molar-refractivity contribution in [3.05, 3.63) is 69.2 Å². The minimum absolute atomic E-state index is 0.0844. The molecule has 2 aromatic carbocycles. The first kappa shape index (κ1) is 18.8. The quantitative estimate of drug-likeness (QED) is 0.766. The molecule has 24 heavy (non-hydrogen) atoms. The zero-order valence-corrected chi connectivity index (χ0v) is 15.3. The summed E-state index contributed by atoms with van der Waals surface area (Å²) in [4.78, 5) is 12.2. The summed E-state index contributed by atoms with van der Waals surface area (Å²) >= 11 is 12.0. The molecule has 0 heterocycles. The third-order valence-electron chi connectivity index (χ3n) is 3.53. The summed E-state index contributed by atoms with van der Waals surface area (Å²) < 4.78 is 5.66. The van der Waals surface area contributed by atoms with Crippen LogP contribution in [0.4, 0.5) is 0 Å². The van der Waals surface area contributed by atoms with Crippen LogP contribution in [-0.2, 0) is 29.1 Å². The average molecular weight is 366 g/mol. The summed E-state index contributed by atoms with van der Waals surface area (Å²) in [6.45, 7) is 4.99. The zero-order chi connectivity index (χ0) is 17.5. The van der Waals surface area contributed by atoms with Crippen molar-refractivity contribution < 1.29 is 9.53 Å². The number of carbonyl (C=O) groups is 1. The number of benzene rings is 2. The van der Waals surface area contributed by atoms with Gasteiger partial charge in [0.15, 0.2) is 0 Å². The number of ether oxygens (including phenoxy) is 1. The number of rotatable bonds is 7. The maximum Gasteiger partial charge on any atom is 0.224 e. The summed E-state index contributed by atoms with van der Waals surface area (Å²) in [7, 11) is 0. The van der Waals surface area contributed by atoms with Crippen LogP contribution >= 0.6 is 23.2 Å². The number of hydrogen-bond donors (Lipinski definition) is 1. The molecule has 128 valence electrons. The van der Waals surface area contributed by atoms with Gasteiger partial charge in [-0.3, -0.25) is 4.79 Å². The number of hydrogen-bond acceptors (Lipinski definition) is 2. The maximum atomic E-state index is 12.2. The van der Waals surface area contributed by atoms with Crippen molar-refractivity contribution in [2.24, 2.45) is 0 Å². The van der Waals surface area contributed by atoms with E-state index in [9.17, 15) is 4.79 Å². The zero-order valence-electron chi connectivity index (χ0n) is 13.8. The van der Waals surface area contributed by atoms with E-state index in [0.717, 1.165) is 16.7 Å². The van der Waals surface area contributed by atoms with Gasteiger partial charge in [-0.1, -0.05) is 53.5 Å². The lowest BCUT2D eigenvalue weighted by atomic mass is 10.1. The van der Waals surface area contributed by atoms with Crippen molar-refractivity contribution in [3.8, 4) is 0 Å². The normalized spacial score (nSPS) is 10.9. The van der Waals surface area contributed by atoms with E-state index < -0.39 is 0 Å². The Hall–Kier alpha value is -1.55. The minimum Gasteiger partial charge on any atom is -0.374 e. The van der Waals surface area contributed by atoms with Crippen LogP contribution in [0.25, 0.3) is 0 Å². The topological polar surface area (TPSA) is 38.3 Å². The molecular weight excluding hydrogens is 345 g/mol. The lowest BCUT2D eigenvalue weighted by Gasteiger charge is -2.13. The molecule has 3 nitrogen and oxygen atoms in total. The second-order valence-corrected chi connectivity index (χ2v) is 6.66. The van der Waals surface area contributed by atoms with Crippen LogP contribution in [0, 0.1) is 0 Å². The van der Waals surface area contributed by atoms with E-state index in [4.69, 9.17) is 27.9 Å². The van der Waals surface area contributed by atoms with Gasteiger partial charge in [-0.15, -0.1) is 0 Å². The molecule has 0 aromatic heterocycles. The molecule has 0 aliphatic rings. The van der Waals surface area contributed by atoms with Gasteiger partial charge in [0.25, 0.3) is 0 Å². The number of halogens is 2. The minimum atomic E-state index is -0.0844. The first-order chi connectivity index (χ1) is 11.5. The highest BCUT2D eigenvalue weighted by Crippen LogP contribution is 2.21. The van der Waals surface area contributed by atoms with Gasteiger partial charge in [0, 0.05) is 16.6 Å². The van der Waals surface area contributed by atoms with Gasteiger partial charge in [-0.2, -0.15) is 0 Å². The average Bonchev–Trinajstić information content (AvgIpc) is 2.54. The summed E-state index contributed by atoms with van der Waals surface area (Å²) in [6, 6.07) is 13.1. The summed E-state index contributed by atoms with van der Waals surface area (Å²) in [5, 5.41) is 3.99. The first-order valence-corrected chi connectivity index (χ1v) is 8.60. The second kappa shape index (κ2) is 9.07. The van der Waals surface area contributed by atoms with E-state index in [0.29, 0.717) is 23.2 Å². The molecular formula is C19H21Cl2NO2. The van der Waals surface area contributed by atoms with E-state index in [-0.39, 0.29) is 18.4 Å².